The normalized spacial score (nSPS) is 23.0. The molecule has 0 spiro atoms. The predicted octanol–water partition coefficient (Wildman–Crippen LogP) is 5.78. The minimum atomic E-state index is 0.346. The first kappa shape index (κ1) is 18.8. The highest BCUT2D eigenvalue weighted by molar-refractivity contribution is 6.31. The Bertz CT molecular complexity index is 839. The lowest BCUT2D eigenvalue weighted by Crippen LogP contribution is -2.39. The van der Waals surface area contributed by atoms with Crippen LogP contribution in [-0.4, -0.2) is 28.4 Å². The molecule has 5 heteroatoms. The Morgan fingerprint density at radius 2 is 1.93 bits per heavy atom. The summed E-state index contributed by atoms with van der Waals surface area (Å²) < 4.78 is 0. The lowest BCUT2D eigenvalue weighted by Gasteiger charge is -2.35. The molecule has 1 aliphatic heterocycles. The van der Waals surface area contributed by atoms with Gasteiger partial charge in [-0.1, -0.05) is 41.8 Å². The van der Waals surface area contributed by atoms with E-state index in [2.05, 4.69) is 22.0 Å². The average Bonchev–Trinajstić information content (AvgIpc) is 3.10. The Kier molecular flexibility index (Phi) is 5.70. The van der Waals surface area contributed by atoms with Crippen molar-refractivity contribution in [1.82, 2.24) is 9.88 Å². The molecule has 1 aliphatic carbocycles. The number of benzene rings is 1. The van der Waals surface area contributed by atoms with Crippen LogP contribution in [0.1, 0.15) is 44.1 Å². The minimum absolute atomic E-state index is 0.346. The molecule has 0 radical (unpaired) electrons. The number of nitrogens with zero attached hydrogens (tertiary/aromatic N) is 2. The summed E-state index contributed by atoms with van der Waals surface area (Å²) in [5, 5.41) is 1.29. The lowest BCUT2D eigenvalue weighted by molar-refractivity contribution is -0.130. The summed E-state index contributed by atoms with van der Waals surface area (Å²) in [6.07, 6.45) is 9.11. The van der Waals surface area contributed by atoms with Crippen LogP contribution in [0.15, 0.2) is 36.5 Å². The highest BCUT2D eigenvalue weighted by Crippen LogP contribution is 2.34. The molecule has 2 aromatic rings. The van der Waals surface area contributed by atoms with Crippen molar-refractivity contribution < 1.29 is 4.79 Å². The fourth-order valence-corrected chi connectivity index (χ4v) is 5.00. The van der Waals surface area contributed by atoms with Crippen LogP contribution in [0.25, 0.3) is 11.1 Å². The van der Waals surface area contributed by atoms with E-state index in [1.807, 2.05) is 18.2 Å². The quantitative estimate of drug-likeness (QED) is 0.607. The number of hydrogen-bond donors (Lipinski definition) is 0. The van der Waals surface area contributed by atoms with Crippen molar-refractivity contribution in [2.75, 3.05) is 6.54 Å². The van der Waals surface area contributed by atoms with Gasteiger partial charge in [0.2, 0.25) is 5.91 Å². The third-order valence-corrected chi connectivity index (χ3v) is 6.49. The number of carbonyl (C=O) groups excluding carboxylic acids is 1. The van der Waals surface area contributed by atoms with Crippen molar-refractivity contribution in [2.45, 2.75) is 51.0 Å². The zero-order valence-electron chi connectivity index (χ0n) is 15.3. The molecule has 2 heterocycles. The molecular formula is C22H24Cl2N2O. The van der Waals surface area contributed by atoms with Gasteiger partial charge in [0.25, 0.3) is 0 Å². The van der Waals surface area contributed by atoms with Gasteiger partial charge in [-0.3, -0.25) is 4.79 Å². The average molecular weight is 403 g/mol. The zero-order valence-corrected chi connectivity index (χ0v) is 16.8. The van der Waals surface area contributed by atoms with Crippen LogP contribution in [0, 0.1) is 5.92 Å². The van der Waals surface area contributed by atoms with Crippen LogP contribution in [-0.2, 0) is 11.2 Å². The number of pyridine rings is 1. The first-order valence-electron chi connectivity index (χ1n) is 9.80. The summed E-state index contributed by atoms with van der Waals surface area (Å²) >= 11 is 12.6. The van der Waals surface area contributed by atoms with Crippen LogP contribution in [0.4, 0.5) is 0 Å². The van der Waals surface area contributed by atoms with E-state index >= 15 is 0 Å². The molecule has 1 aromatic carbocycles. The molecule has 2 atom stereocenters. The van der Waals surface area contributed by atoms with Gasteiger partial charge in [0.05, 0.1) is 0 Å². The number of halogens is 2. The second kappa shape index (κ2) is 8.20. The first-order valence-corrected chi connectivity index (χ1v) is 10.6. The molecule has 4 rings (SSSR count). The molecule has 1 aromatic heterocycles. The van der Waals surface area contributed by atoms with E-state index in [1.165, 1.54) is 18.4 Å². The van der Waals surface area contributed by atoms with Gasteiger partial charge in [-0.05, 0) is 72.9 Å². The fraction of sp³-hybridized carbons (Fsp3) is 0.455. The standard InChI is InChI=1S/C22H24Cl2N2O/c23-20-13-16(17-8-9-25-21(24)14-17)6-7-18(20)11-15-3-1-4-19(12-15)26-10-2-5-22(26)27/h6-9,13-15,19H,1-5,10-12H2. The number of aromatic nitrogens is 1. The Balaban J connectivity index is 1.45. The largest absolute Gasteiger partial charge is 0.340 e. The molecule has 27 heavy (non-hydrogen) atoms. The molecular weight excluding hydrogens is 379 g/mol. The van der Waals surface area contributed by atoms with Crippen molar-refractivity contribution in [3.63, 3.8) is 0 Å². The van der Waals surface area contributed by atoms with Crippen LogP contribution in [0.3, 0.4) is 0 Å². The monoisotopic (exact) mass is 402 g/mol. The summed E-state index contributed by atoms with van der Waals surface area (Å²) in [6, 6.07) is 10.5. The number of rotatable bonds is 4. The Labute approximate surface area is 170 Å². The lowest BCUT2D eigenvalue weighted by atomic mass is 9.81. The van der Waals surface area contributed by atoms with E-state index in [-0.39, 0.29) is 0 Å². The maximum atomic E-state index is 12.1. The molecule has 3 nitrogen and oxygen atoms in total. The Morgan fingerprint density at radius 3 is 2.67 bits per heavy atom. The SMILES string of the molecule is O=C1CCCN1C1CCCC(Cc2ccc(-c3ccnc(Cl)c3)cc2Cl)C1. The second-order valence-electron chi connectivity index (χ2n) is 7.75. The van der Waals surface area contributed by atoms with Crippen molar-refractivity contribution in [3.8, 4) is 11.1 Å². The maximum absolute atomic E-state index is 12.1. The third-order valence-electron chi connectivity index (χ3n) is 5.93. The van der Waals surface area contributed by atoms with Gasteiger partial charge in [0.1, 0.15) is 5.15 Å². The smallest absolute Gasteiger partial charge is 0.222 e. The van der Waals surface area contributed by atoms with Crippen molar-refractivity contribution in [3.05, 3.63) is 52.3 Å². The summed E-state index contributed by atoms with van der Waals surface area (Å²) in [5.74, 6) is 0.940. The molecule has 2 fully saturated rings. The zero-order chi connectivity index (χ0) is 18.8. The first-order chi connectivity index (χ1) is 13.1. The van der Waals surface area contributed by atoms with Crippen molar-refractivity contribution >= 4 is 29.1 Å². The van der Waals surface area contributed by atoms with Gasteiger partial charge >= 0.3 is 0 Å². The highest BCUT2D eigenvalue weighted by atomic mass is 35.5. The van der Waals surface area contributed by atoms with Gasteiger partial charge in [0.15, 0.2) is 0 Å². The molecule has 0 bridgehead atoms. The van der Waals surface area contributed by atoms with Gasteiger partial charge in [-0.25, -0.2) is 4.98 Å². The molecule has 142 valence electrons. The molecule has 1 amide bonds. The van der Waals surface area contributed by atoms with E-state index in [1.54, 1.807) is 6.20 Å². The van der Waals surface area contributed by atoms with Gasteiger partial charge < -0.3 is 4.90 Å². The van der Waals surface area contributed by atoms with E-state index in [4.69, 9.17) is 23.2 Å². The summed E-state index contributed by atoms with van der Waals surface area (Å²) in [4.78, 5) is 18.2. The molecule has 2 aliphatic rings. The molecule has 2 unspecified atom stereocenters. The summed E-state index contributed by atoms with van der Waals surface area (Å²) in [5.41, 5.74) is 3.27. The van der Waals surface area contributed by atoms with Gasteiger partial charge in [-0.2, -0.15) is 0 Å². The van der Waals surface area contributed by atoms with Gasteiger partial charge in [-0.15, -0.1) is 0 Å². The molecule has 1 saturated heterocycles. The highest BCUT2D eigenvalue weighted by Gasteiger charge is 2.32. The third kappa shape index (κ3) is 4.30. The number of hydrogen-bond acceptors (Lipinski definition) is 2. The van der Waals surface area contributed by atoms with E-state index in [9.17, 15) is 4.79 Å². The topological polar surface area (TPSA) is 33.2 Å². The van der Waals surface area contributed by atoms with Crippen molar-refractivity contribution in [1.29, 1.82) is 0 Å². The van der Waals surface area contributed by atoms with E-state index < -0.39 is 0 Å². The summed E-state index contributed by atoms with van der Waals surface area (Å²) in [7, 11) is 0. The van der Waals surface area contributed by atoms with E-state index in [0.717, 1.165) is 54.8 Å². The Hall–Kier alpha value is -1.58. The van der Waals surface area contributed by atoms with Gasteiger partial charge in [0, 0.05) is 30.2 Å². The van der Waals surface area contributed by atoms with E-state index in [0.29, 0.717) is 23.0 Å². The van der Waals surface area contributed by atoms with Crippen molar-refractivity contribution in [2.24, 2.45) is 5.92 Å². The predicted molar refractivity (Wildman–Crippen MR) is 110 cm³/mol. The molecule has 1 saturated carbocycles. The number of carbonyl (C=O) groups is 1. The summed E-state index contributed by atoms with van der Waals surface area (Å²) in [6.45, 7) is 0.945. The number of amides is 1. The van der Waals surface area contributed by atoms with Crippen LogP contribution < -0.4 is 0 Å². The molecule has 0 N–H and O–H groups in total. The van der Waals surface area contributed by atoms with Crippen LogP contribution >= 0.6 is 23.2 Å². The number of likely N-dealkylation sites (tertiary alicyclic amines) is 1. The van der Waals surface area contributed by atoms with Crippen LogP contribution in [0.5, 0.6) is 0 Å². The maximum Gasteiger partial charge on any atom is 0.222 e. The second-order valence-corrected chi connectivity index (χ2v) is 8.55. The Morgan fingerprint density at radius 1 is 1.07 bits per heavy atom. The minimum Gasteiger partial charge on any atom is -0.340 e. The van der Waals surface area contributed by atoms with Crippen LogP contribution in [0.2, 0.25) is 10.2 Å². The fourth-order valence-electron chi connectivity index (χ4n) is 4.57.